The number of alkyl halides is 3. The van der Waals surface area contributed by atoms with Gasteiger partial charge in [-0.3, -0.25) is 9.59 Å². The van der Waals surface area contributed by atoms with Gasteiger partial charge in [0.15, 0.2) is 0 Å². The Morgan fingerprint density at radius 3 is 2.41 bits per heavy atom. The first kappa shape index (κ1) is 33.1. The molecule has 3 N–H and O–H groups in total. The van der Waals surface area contributed by atoms with Crippen LogP contribution in [0.25, 0.3) is 0 Å². The smallest absolute Gasteiger partial charge is 0.397 e. The van der Waals surface area contributed by atoms with E-state index in [1.807, 2.05) is 19.1 Å². The van der Waals surface area contributed by atoms with Gasteiger partial charge in [0.25, 0.3) is 11.8 Å². The summed E-state index contributed by atoms with van der Waals surface area (Å²) in [7, 11) is 1.94. The summed E-state index contributed by atoms with van der Waals surface area (Å²) in [5, 5.41) is 13.2. The van der Waals surface area contributed by atoms with Crippen LogP contribution in [-0.4, -0.2) is 70.0 Å². The zero-order valence-electron chi connectivity index (χ0n) is 24.8. The SMILES string of the molecule is CCO.CCOPCc1ccc(Nc2ncc(C(F)(F)F)c(Nc3ccc(C(=O)N4CCCC4)c4c3C(=O)N(C)C4)n2)cc1. The quantitative estimate of drug-likeness (QED) is 0.196. The molecule has 236 valence electrons. The van der Waals surface area contributed by atoms with Crippen molar-refractivity contribution in [3.8, 4) is 0 Å². The first-order valence-corrected chi connectivity index (χ1v) is 15.4. The van der Waals surface area contributed by atoms with Gasteiger partial charge in [0, 0.05) is 72.3 Å². The van der Waals surface area contributed by atoms with Gasteiger partial charge in [-0.25, -0.2) is 4.98 Å². The van der Waals surface area contributed by atoms with Gasteiger partial charge in [-0.05, 0) is 62.1 Å². The van der Waals surface area contributed by atoms with E-state index in [1.165, 1.54) is 11.0 Å². The van der Waals surface area contributed by atoms with Crippen molar-refractivity contribution in [1.29, 1.82) is 0 Å². The Labute approximate surface area is 255 Å². The molecule has 0 bridgehead atoms. The Morgan fingerprint density at radius 1 is 1.09 bits per heavy atom. The maximum absolute atomic E-state index is 14.0. The van der Waals surface area contributed by atoms with Gasteiger partial charge in [-0.2, -0.15) is 18.2 Å². The normalized spacial score (nSPS) is 14.6. The lowest BCUT2D eigenvalue weighted by Crippen LogP contribution is -2.28. The number of rotatable bonds is 9. The number of hydrogen-bond donors (Lipinski definition) is 3. The van der Waals surface area contributed by atoms with Crippen LogP contribution in [0.2, 0.25) is 0 Å². The number of hydrogen-bond acceptors (Lipinski definition) is 8. The molecule has 10 nitrogen and oxygen atoms in total. The van der Waals surface area contributed by atoms with E-state index < -0.39 is 17.6 Å². The monoisotopic (exact) mass is 632 g/mol. The maximum atomic E-state index is 14.0. The van der Waals surface area contributed by atoms with Crippen molar-refractivity contribution >= 4 is 43.8 Å². The molecule has 2 amide bonds. The summed E-state index contributed by atoms with van der Waals surface area (Å²) >= 11 is 0. The van der Waals surface area contributed by atoms with Gasteiger partial charge in [0.1, 0.15) is 11.4 Å². The third kappa shape index (κ3) is 7.82. The predicted octanol–water partition coefficient (Wildman–Crippen LogP) is 5.93. The van der Waals surface area contributed by atoms with Crippen molar-refractivity contribution in [2.45, 2.75) is 45.6 Å². The van der Waals surface area contributed by atoms with E-state index in [9.17, 15) is 22.8 Å². The number of nitrogens with one attached hydrogen (secondary N) is 2. The lowest BCUT2D eigenvalue weighted by Gasteiger charge is -2.19. The largest absolute Gasteiger partial charge is 0.421 e. The standard InChI is InChI=1S/C28H30F3N6O3P.C2H6O/c1-3-40-41-16-17-6-8-18(9-7-17)33-27-32-14-21(28(29,30)31)24(35-27)34-22-11-10-19(25(38)37-12-4-5-13-37)20-15-36(2)26(39)23(20)22;1-2-3/h6-11,14,41H,3-5,12-13,15-16H2,1-2H3,(H2,32,33,34,35);3H,2H2,1H3. The highest BCUT2D eigenvalue weighted by Gasteiger charge is 2.37. The fraction of sp³-hybridized carbons (Fsp3) is 0.400. The van der Waals surface area contributed by atoms with Crippen LogP contribution in [-0.2, 0) is 23.4 Å². The number of likely N-dealkylation sites (tertiary alicyclic amines) is 1. The molecule has 0 spiro atoms. The van der Waals surface area contributed by atoms with Gasteiger partial charge in [0.2, 0.25) is 5.95 Å². The summed E-state index contributed by atoms with van der Waals surface area (Å²) in [6.45, 7) is 5.97. The molecule has 1 saturated heterocycles. The molecule has 0 saturated carbocycles. The summed E-state index contributed by atoms with van der Waals surface area (Å²) in [6, 6.07) is 10.4. The van der Waals surface area contributed by atoms with Crippen LogP contribution in [0.15, 0.2) is 42.6 Å². The van der Waals surface area contributed by atoms with E-state index in [2.05, 4.69) is 20.6 Å². The van der Waals surface area contributed by atoms with Crippen LogP contribution in [0.1, 0.15) is 64.1 Å². The maximum Gasteiger partial charge on any atom is 0.421 e. The third-order valence-electron chi connectivity index (χ3n) is 6.97. The van der Waals surface area contributed by atoms with Gasteiger partial charge >= 0.3 is 6.18 Å². The number of anilines is 4. The molecule has 0 radical (unpaired) electrons. The number of aromatic nitrogens is 2. The molecular weight excluding hydrogens is 596 g/mol. The summed E-state index contributed by atoms with van der Waals surface area (Å²) in [4.78, 5) is 37.4. The average molecular weight is 633 g/mol. The van der Waals surface area contributed by atoms with Crippen LogP contribution >= 0.6 is 8.81 Å². The van der Waals surface area contributed by atoms with Gasteiger partial charge < -0.3 is 30.1 Å². The number of aliphatic hydroxyl groups is 1. The highest BCUT2D eigenvalue weighted by Crippen LogP contribution is 2.38. The first-order chi connectivity index (χ1) is 21.1. The van der Waals surface area contributed by atoms with E-state index in [4.69, 9.17) is 9.63 Å². The van der Waals surface area contributed by atoms with Crippen molar-refractivity contribution in [3.05, 3.63) is 70.4 Å². The molecule has 1 atom stereocenters. The molecule has 2 aromatic carbocycles. The van der Waals surface area contributed by atoms with Crippen molar-refractivity contribution in [1.82, 2.24) is 19.8 Å². The zero-order chi connectivity index (χ0) is 31.9. The predicted molar refractivity (Wildman–Crippen MR) is 164 cm³/mol. The minimum absolute atomic E-state index is 0.0506. The molecule has 44 heavy (non-hydrogen) atoms. The molecule has 2 aliphatic heterocycles. The van der Waals surface area contributed by atoms with Crippen molar-refractivity contribution in [3.63, 3.8) is 0 Å². The molecule has 2 aliphatic rings. The molecule has 5 rings (SSSR count). The number of fused-ring (bicyclic) bond motifs is 1. The topological polar surface area (TPSA) is 120 Å². The summed E-state index contributed by atoms with van der Waals surface area (Å²) < 4.78 is 47.3. The Morgan fingerprint density at radius 2 is 1.77 bits per heavy atom. The highest BCUT2D eigenvalue weighted by molar-refractivity contribution is 7.31. The number of halogens is 3. The van der Waals surface area contributed by atoms with E-state index in [0.717, 1.165) is 24.6 Å². The van der Waals surface area contributed by atoms with Gasteiger partial charge in [-0.15, -0.1) is 0 Å². The molecule has 1 unspecified atom stereocenters. The minimum Gasteiger partial charge on any atom is -0.397 e. The second kappa shape index (κ2) is 14.8. The Balaban J connectivity index is 0.00000141. The first-order valence-electron chi connectivity index (χ1n) is 14.3. The van der Waals surface area contributed by atoms with Crippen LogP contribution in [0.5, 0.6) is 0 Å². The number of amides is 2. The number of carbonyl (C=O) groups is 2. The molecule has 3 heterocycles. The van der Waals surface area contributed by atoms with Crippen LogP contribution in [0.4, 0.5) is 36.3 Å². The highest BCUT2D eigenvalue weighted by atomic mass is 31.1. The summed E-state index contributed by atoms with van der Waals surface area (Å²) in [5.74, 6) is -1.12. The lowest BCUT2D eigenvalue weighted by molar-refractivity contribution is -0.137. The van der Waals surface area contributed by atoms with Crippen LogP contribution in [0.3, 0.4) is 0 Å². The third-order valence-corrected chi connectivity index (χ3v) is 8.02. The minimum atomic E-state index is -4.75. The number of carbonyl (C=O) groups excluding carboxylic acids is 2. The zero-order valence-corrected chi connectivity index (χ0v) is 25.8. The van der Waals surface area contributed by atoms with Gasteiger partial charge in [-0.1, -0.05) is 12.1 Å². The summed E-state index contributed by atoms with van der Waals surface area (Å²) in [5.41, 5.74) is 1.76. The fourth-order valence-corrected chi connectivity index (χ4v) is 5.60. The number of benzene rings is 2. The second-order valence-corrected chi connectivity index (χ2v) is 11.1. The van der Waals surface area contributed by atoms with E-state index in [-0.39, 0.29) is 42.2 Å². The van der Waals surface area contributed by atoms with Crippen molar-refractivity contribution < 1.29 is 32.4 Å². The second-order valence-electron chi connectivity index (χ2n) is 10.1. The Bertz CT molecular complexity index is 1470. The molecule has 3 aromatic rings. The average Bonchev–Trinajstić information content (AvgIpc) is 3.63. The Kier molecular flexibility index (Phi) is 11.1. The number of nitrogens with zero attached hydrogens (tertiary/aromatic N) is 4. The molecule has 14 heteroatoms. The molecule has 1 fully saturated rings. The number of aliphatic hydroxyl groups excluding tert-OH is 1. The molecule has 0 aliphatic carbocycles. The van der Waals surface area contributed by atoms with Gasteiger partial charge in [0.05, 0.1) is 11.3 Å². The van der Waals surface area contributed by atoms with Crippen molar-refractivity contribution in [2.75, 3.05) is 44.0 Å². The van der Waals surface area contributed by atoms with E-state index in [1.54, 1.807) is 37.1 Å². The summed E-state index contributed by atoms with van der Waals surface area (Å²) in [6.07, 6.45) is -1.46. The molecular formula is C30H36F3N6O4P. The fourth-order valence-electron chi connectivity index (χ4n) is 4.90. The van der Waals surface area contributed by atoms with Crippen LogP contribution in [0, 0.1) is 0 Å². The van der Waals surface area contributed by atoms with E-state index >= 15 is 0 Å². The van der Waals surface area contributed by atoms with Crippen LogP contribution < -0.4 is 10.6 Å². The lowest BCUT2D eigenvalue weighted by atomic mass is 10.00. The van der Waals surface area contributed by atoms with Crippen molar-refractivity contribution in [2.24, 2.45) is 0 Å². The van der Waals surface area contributed by atoms with E-state index in [0.29, 0.717) is 51.5 Å². The Hall–Kier alpha value is -3.80. The molecule has 1 aromatic heterocycles.